The lowest BCUT2D eigenvalue weighted by Gasteiger charge is -2.30. The van der Waals surface area contributed by atoms with Crippen LogP contribution in [0.3, 0.4) is 0 Å². The van der Waals surface area contributed by atoms with Crippen molar-refractivity contribution in [1.82, 2.24) is 4.98 Å². The average Bonchev–Trinajstić information content (AvgIpc) is 2.95. The number of carbonyl (C=O) groups excluding carboxylic acids is 2. The smallest absolute Gasteiger partial charge is 0.229 e. The highest BCUT2D eigenvalue weighted by Crippen LogP contribution is 2.32. The van der Waals surface area contributed by atoms with E-state index in [0.29, 0.717) is 28.2 Å². The third-order valence-electron chi connectivity index (χ3n) is 4.42. The molecule has 1 aliphatic rings. The number of sulfone groups is 1. The maximum atomic E-state index is 12.5. The minimum absolute atomic E-state index is 0.186. The van der Waals surface area contributed by atoms with E-state index in [2.05, 4.69) is 10.3 Å². The number of fused-ring (bicyclic) bond motifs is 1. The fourth-order valence-electron chi connectivity index (χ4n) is 3.11. The molecule has 25 heavy (non-hydrogen) atoms. The van der Waals surface area contributed by atoms with Gasteiger partial charge in [-0.1, -0.05) is 24.2 Å². The summed E-state index contributed by atoms with van der Waals surface area (Å²) in [6.07, 6.45) is 3.66. The normalized spacial score (nSPS) is 21.2. The summed E-state index contributed by atoms with van der Waals surface area (Å²) >= 11 is 1.16. The molecule has 2 atom stereocenters. The molecule has 1 aromatic carbocycles. The number of hydrogen-bond acceptors (Lipinski definition) is 7. The van der Waals surface area contributed by atoms with Crippen LogP contribution in [0.1, 0.15) is 25.7 Å². The maximum Gasteiger partial charge on any atom is 0.229 e. The molecule has 1 saturated carbocycles. The van der Waals surface area contributed by atoms with Gasteiger partial charge in [-0.25, -0.2) is 13.4 Å². The standard InChI is InChI=1S/C16H18N2O5S2/c1-25(22,23)9-6-7-12-13(8-9)24-16(17-12)18-14(19)10-4-2-3-5-11(10)15(20)21/h6-8,10-11H,2-5H2,1H3,(H,20,21)(H,17,18,19)/p-1/t10-,11-/m0/s1. The Morgan fingerprint density at radius 2 is 1.92 bits per heavy atom. The van der Waals surface area contributed by atoms with Crippen LogP contribution in [0.15, 0.2) is 23.1 Å². The summed E-state index contributed by atoms with van der Waals surface area (Å²) in [4.78, 5) is 28.1. The summed E-state index contributed by atoms with van der Waals surface area (Å²) in [6.45, 7) is 0. The zero-order chi connectivity index (χ0) is 18.2. The highest BCUT2D eigenvalue weighted by molar-refractivity contribution is 7.90. The molecule has 1 aromatic heterocycles. The second kappa shape index (κ2) is 6.72. The second-order valence-corrected chi connectivity index (χ2v) is 9.27. The van der Waals surface area contributed by atoms with Crippen molar-refractivity contribution in [2.45, 2.75) is 30.6 Å². The molecule has 2 aromatic rings. The van der Waals surface area contributed by atoms with Crippen molar-refractivity contribution in [3.63, 3.8) is 0 Å². The maximum absolute atomic E-state index is 12.5. The third-order valence-corrected chi connectivity index (χ3v) is 6.47. The van der Waals surface area contributed by atoms with Gasteiger partial charge in [0.1, 0.15) is 0 Å². The van der Waals surface area contributed by atoms with Crippen LogP contribution in [0.25, 0.3) is 10.2 Å². The molecule has 0 spiro atoms. The van der Waals surface area contributed by atoms with E-state index in [1.54, 1.807) is 6.07 Å². The van der Waals surface area contributed by atoms with Crippen molar-refractivity contribution in [2.75, 3.05) is 11.6 Å². The Morgan fingerprint density at radius 3 is 2.56 bits per heavy atom. The van der Waals surface area contributed by atoms with E-state index in [1.807, 2.05) is 0 Å². The topological polar surface area (TPSA) is 116 Å². The molecular weight excluding hydrogens is 364 g/mol. The molecule has 9 heteroatoms. The highest BCUT2D eigenvalue weighted by Gasteiger charge is 2.32. The Hall–Kier alpha value is -2.00. The van der Waals surface area contributed by atoms with E-state index in [0.717, 1.165) is 30.4 Å². The monoisotopic (exact) mass is 381 g/mol. The molecule has 0 unspecified atom stereocenters. The van der Waals surface area contributed by atoms with Crippen molar-refractivity contribution in [3.8, 4) is 0 Å². The van der Waals surface area contributed by atoms with Crippen LogP contribution in [-0.2, 0) is 19.4 Å². The summed E-state index contributed by atoms with van der Waals surface area (Å²) < 4.78 is 23.9. The Labute approximate surface area is 149 Å². The lowest BCUT2D eigenvalue weighted by molar-refractivity contribution is -0.313. The van der Waals surface area contributed by atoms with E-state index in [9.17, 15) is 23.1 Å². The largest absolute Gasteiger partial charge is 0.550 e. The van der Waals surface area contributed by atoms with Crippen LogP contribution in [0.2, 0.25) is 0 Å². The number of rotatable bonds is 4. The summed E-state index contributed by atoms with van der Waals surface area (Å²) in [5.74, 6) is -2.98. The van der Waals surface area contributed by atoms with E-state index < -0.39 is 27.6 Å². The van der Waals surface area contributed by atoms with Crippen LogP contribution in [-0.4, -0.2) is 31.5 Å². The quantitative estimate of drug-likeness (QED) is 0.850. The molecule has 0 radical (unpaired) electrons. The number of thiazole rings is 1. The Bertz CT molecular complexity index is 935. The Kier molecular flexibility index (Phi) is 4.79. The number of anilines is 1. The first kappa shape index (κ1) is 17.8. The van der Waals surface area contributed by atoms with Crippen molar-refractivity contribution >= 4 is 48.4 Å². The number of nitrogens with one attached hydrogen (secondary N) is 1. The van der Waals surface area contributed by atoms with E-state index in [4.69, 9.17) is 0 Å². The van der Waals surface area contributed by atoms with Crippen LogP contribution in [0.4, 0.5) is 5.13 Å². The van der Waals surface area contributed by atoms with Crippen molar-refractivity contribution in [3.05, 3.63) is 18.2 Å². The van der Waals surface area contributed by atoms with Gasteiger partial charge < -0.3 is 15.2 Å². The predicted molar refractivity (Wildman–Crippen MR) is 91.8 cm³/mol. The van der Waals surface area contributed by atoms with Gasteiger partial charge in [0.15, 0.2) is 15.0 Å². The van der Waals surface area contributed by atoms with E-state index in [-0.39, 0.29) is 10.8 Å². The van der Waals surface area contributed by atoms with Crippen LogP contribution in [0.5, 0.6) is 0 Å². The van der Waals surface area contributed by atoms with E-state index in [1.165, 1.54) is 12.1 Å². The SMILES string of the molecule is CS(=O)(=O)c1ccc2nc(NC(=O)[C@H]3CCCC[C@@H]3C(=O)[O-])sc2c1. The number of hydrogen-bond donors (Lipinski definition) is 1. The number of aliphatic carboxylic acids is 1. The molecule has 1 amide bonds. The zero-order valence-electron chi connectivity index (χ0n) is 13.5. The number of nitrogens with zero attached hydrogens (tertiary/aromatic N) is 1. The van der Waals surface area contributed by atoms with Crippen LogP contribution >= 0.6 is 11.3 Å². The number of carboxylic acid groups (broad SMARTS) is 1. The number of carboxylic acids is 1. The molecule has 0 saturated heterocycles. The van der Waals surface area contributed by atoms with E-state index >= 15 is 0 Å². The molecule has 0 bridgehead atoms. The van der Waals surface area contributed by atoms with Gasteiger partial charge in [-0.3, -0.25) is 4.79 Å². The van der Waals surface area contributed by atoms with Gasteiger partial charge in [-0.2, -0.15) is 0 Å². The molecule has 0 aliphatic heterocycles. The summed E-state index contributed by atoms with van der Waals surface area (Å²) in [7, 11) is -3.32. The summed E-state index contributed by atoms with van der Waals surface area (Å²) in [6, 6.07) is 4.57. The molecule has 134 valence electrons. The summed E-state index contributed by atoms with van der Waals surface area (Å²) in [5.41, 5.74) is 0.577. The minimum Gasteiger partial charge on any atom is -0.550 e. The first-order chi connectivity index (χ1) is 11.8. The van der Waals surface area contributed by atoms with Crippen LogP contribution in [0, 0.1) is 11.8 Å². The number of amides is 1. The van der Waals surface area contributed by atoms with Gasteiger partial charge in [0.05, 0.1) is 15.1 Å². The highest BCUT2D eigenvalue weighted by atomic mass is 32.2. The van der Waals surface area contributed by atoms with Gasteiger partial charge in [0.25, 0.3) is 0 Å². The fraction of sp³-hybridized carbons (Fsp3) is 0.438. The number of aromatic nitrogens is 1. The number of carbonyl (C=O) groups is 2. The predicted octanol–water partition coefficient (Wildman–Crippen LogP) is 1.19. The van der Waals surface area contributed by atoms with Gasteiger partial charge in [-0.05, 0) is 31.0 Å². The molecular formula is C16H17N2O5S2-. The minimum atomic E-state index is -3.32. The molecule has 1 fully saturated rings. The van der Waals surface area contributed by atoms with Crippen molar-refractivity contribution < 1.29 is 23.1 Å². The first-order valence-corrected chi connectivity index (χ1v) is 10.6. The van der Waals surface area contributed by atoms with Crippen molar-refractivity contribution in [1.29, 1.82) is 0 Å². The molecule has 1 heterocycles. The number of benzene rings is 1. The van der Waals surface area contributed by atoms with Gasteiger partial charge in [-0.15, -0.1) is 0 Å². The third kappa shape index (κ3) is 3.82. The van der Waals surface area contributed by atoms with Gasteiger partial charge >= 0.3 is 0 Å². The van der Waals surface area contributed by atoms with Crippen LogP contribution < -0.4 is 10.4 Å². The van der Waals surface area contributed by atoms with Crippen molar-refractivity contribution in [2.24, 2.45) is 11.8 Å². The molecule has 3 rings (SSSR count). The van der Waals surface area contributed by atoms with Gasteiger partial charge in [0, 0.05) is 24.1 Å². The molecule has 1 N–H and O–H groups in total. The van der Waals surface area contributed by atoms with Gasteiger partial charge in [0.2, 0.25) is 5.91 Å². The Morgan fingerprint density at radius 1 is 1.24 bits per heavy atom. The summed E-state index contributed by atoms with van der Waals surface area (Å²) in [5, 5.41) is 14.2. The lowest BCUT2D eigenvalue weighted by Crippen LogP contribution is -2.42. The fourth-order valence-corrected chi connectivity index (χ4v) is 4.74. The zero-order valence-corrected chi connectivity index (χ0v) is 15.2. The molecule has 1 aliphatic carbocycles. The first-order valence-electron chi connectivity index (χ1n) is 7.88. The average molecular weight is 381 g/mol. The Balaban J connectivity index is 1.82. The second-order valence-electron chi connectivity index (χ2n) is 6.23. The molecule has 7 nitrogen and oxygen atoms in total. The lowest BCUT2D eigenvalue weighted by atomic mass is 9.79.